The Balaban J connectivity index is 0.00000288. The molecule has 6 heteroatoms. The second kappa shape index (κ2) is 10.0. The number of hydrogen-bond donors (Lipinski definition) is 0. The van der Waals surface area contributed by atoms with Crippen molar-refractivity contribution in [2.45, 2.75) is 25.4 Å². The van der Waals surface area contributed by atoms with Gasteiger partial charge in [0.15, 0.2) is 0 Å². The van der Waals surface area contributed by atoms with Crippen molar-refractivity contribution in [3.8, 4) is 11.5 Å². The van der Waals surface area contributed by atoms with Gasteiger partial charge in [-0.1, -0.05) is 24.3 Å². The first-order valence-corrected chi connectivity index (χ1v) is 8.31. The first-order valence-electron chi connectivity index (χ1n) is 7.15. The Kier molecular flexibility index (Phi) is 8.36. The van der Waals surface area contributed by atoms with Gasteiger partial charge in [0.1, 0.15) is 11.5 Å². The van der Waals surface area contributed by atoms with Crippen LogP contribution >= 0.6 is 24.2 Å². The summed E-state index contributed by atoms with van der Waals surface area (Å²) >= 11 is 1.78. The Hall–Kier alpha value is -1.98. The first kappa shape index (κ1) is 20.1. The molecule has 0 spiro atoms. The molecule has 2 rings (SSSR count). The summed E-state index contributed by atoms with van der Waals surface area (Å²) in [6.07, 6.45) is 0. The second-order valence-electron chi connectivity index (χ2n) is 4.97. The average Bonchev–Trinajstić information content (AvgIpc) is 2.50. The van der Waals surface area contributed by atoms with Crippen LogP contribution in [-0.2, 0) is 21.1 Å². The molecule has 2 aromatic carbocycles. The molecular weight excluding hydrogens is 348 g/mol. The highest BCUT2D eigenvalue weighted by Crippen LogP contribution is 2.21. The zero-order chi connectivity index (χ0) is 16.7. The van der Waals surface area contributed by atoms with Gasteiger partial charge < -0.3 is 9.47 Å². The zero-order valence-electron chi connectivity index (χ0n) is 13.5. The summed E-state index contributed by atoms with van der Waals surface area (Å²) in [5.74, 6) is 2.23. The number of hydrogen-bond acceptors (Lipinski definition) is 5. The Bertz CT molecular complexity index is 609. The monoisotopic (exact) mass is 366 g/mol. The molecule has 0 aliphatic carbocycles. The predicted octanol–water partition coefficient (Wildman–Crippen LogP) is 4.39. The fourth-order valence-electron chi connectivity index (χ4n) is 1.93. The highest BCUT2D eigenvalue weighted by molar-refractivity contribution is 7.97. The molecule has 0 radical (unpaired) electrons. The van der Waals surface area contributed by atoms with Crippen LogP contribution in [0.4, 0.5) is 0 Å². The van der Waals surface area contributed by atoms with Gasteiger partial charge in [0.05, 0.1) is 0 Å². The summed E-state index contributed by atoms with van der Waals surface area (Å²) in [4.78, 5) is 21.7. The molecule has 2 aromatic rings. The van der Waals surface area contributed by atoms with Crippen molar-refractivity contribution in [1.29, 1.82) is 0 Å². The van der Waals surface area contributed by atoms with E-state index >= 15 is 0 Å². The van der Waals surface area contributed by atoms with Crippen LogP contribution < -0.4 is 9.47 Å². The Morgan fingerprint density at radius 2 is 1.08 bits per heavy atom. The van der Waals surface area contributed by atoms with E-state index in [2.05, 4.69) is 0 Å². The smallest absolute Gasteiger partial charge is 0.308 e. The van der Waals surface area contributed by atoms with E-state index in [0.717, 1.165) is 11.5 Å². The van der Waals surface area contributed by atoms with Crippen LogP contribution in [0.1, 0.15) is 25.0 Å². The van der Waals surface area contributed by atoms with Gasteiger partial charge in [0.2, 0.25) is 0 Å². The molecule has 24 heavy (non-hydrogen) atoms. The predicted molar refractivity (Wildman–Crippen MR) is 97.7 cm³/mol. The normalized spacial score (nSPS) is 9.75. The second-order valence-corrected chi connectivity index (χ2v) is 5.95. The maximum absolute atomic E-state index is 10.9. The molecule has 0 N–H and O–H groups in total. The van der Waals surface area contributed by atoms with Crippen LogP contribution in [0.15, 0.2) is 48.5 Å². The Labute approximate surface area is 152 Å². The molecule has 128 valence electrons. The topological polar surface area (TPSA) is 52.6 Å². The van der Waals surface area contributed by atoms with Crippen LogP contribution in [-0.4, -0.2) is 11.9 Å². The van der Waals surface area contributed by atoms with Gasteiger partial charge in [-0.25, -0.2) is 0 Å². The van der Waals surface area contributed by atoms with E-state index in [1.165, 1.54) is 25.0 Å². The third-order valence-electron chi connectivity index (χ3n) is 2.91. The van der Waals surface area contributed by atoms with Crippen molar-refractivity contribution in [2.24, 2.45) is 0 Å². The van der Waals surface area contributed by atoms with Crippen LogP contribution in [0.3, 0.4) is 0 Å². The SMILES string of the molecule is CC(=O)Oc1ccc(CSCc2ccc(OC(C)=O)cc2)cc1.Cl. The third kappa shape index (κ3) is 7.06. The molecule has 0 aromatic heterocycles. The van der Waals surface area contributed by atoms with E-state index in [-0.39, 0.29) is 24.3 Å². The average molecular weight is 367 g/mol. The van der Waals surface area contributed by atoms with Gasteiger partial charge in [-0.3, -0.25) is 9.59 Å². The van der Waals surface area contributed by atoms with Crippen molar-refractivity contribution >= 4 is 36.1 Å². The zero-order valence-corrected chi connectivity index (χ0v) is 15.1. The van der Waals surface area contributed by atoms with Crippen molar-refractivity contribution in [1.82, 2.24) is 0 Å². The lowest BCUT2D eigenvalue weighted by Gasteiger charge is -2.06. The van der Waals surface area contributed by atoms with E-state index in [4.69, 9.17) is 9.47 Å². The van der Waals surface area contributed by atoms with Gasteiger partial charge in [-0.05, 0) is 35.4 Å². The molecule has 0 saturated heterocycles. The molecular formula is C18H19ClO4S. The number of rotatable bonds is 6. The van der Waals surface area contributed by atoms with Gasteiger partial charge >= 0.3 is 11.9 Å². The maximum Gasteiger partial charge on any atom is 0.308 e. The largest absolute Gasteiger partial charge is 0.427 e. The van der Waals surface area contributed by atoms with E-state index in [1.807, 2.05) is 24.3 Å². The summed E-state index contributed by atoms with van der Waals surface area (Å²) < 4.78 is 10.0. The third-order valence-corrected chi connectivity index (χ3v) is 3.98. The lowest BCUT2D eigenvalue weighted by atomic mass is 10.2. The molecule has 0 heterocycles. The number of carbonyl (C=O) groups is 2. The number of thioether (sulfide) groups is 1. The lowest BCUT2D eigenvalue weighted by molar-refractivity contribution is -0.132. The lowest BCUT2D eigenvalue weighted by Crippen LogP contribution is -2.01. The molecule has 0 bridgehead atoms. The standard InChI is InChI=1S/C18H18O4S.ClH/c1-13(19)21-17-7-3-15(4-8-17)11-23-12-16-5-9-18(10-6-16)22-14(2)20;/h3-10H,11-12H2,1-2H3;1H. The quantitative estimate of drug-likeness (QED) is 0.560. The minimum Gasteiger partial charge on any atom is -0.427 e. The Morgan fingerprint density at radius 3 is 1.38 bits per heavy atom. The number of carbonyl (C=O) groups excluding carboxylic acids is 2. The first-order chi connectivity index (χ1) is 11.0. The summed E-state index contributed by atoms with van der Waals surface area (Å²) in [6, 6.07) is 15.0. The molecule has 0 aliphatic heterocycles. The minimum absolute atomic E-state index is 0. The summed E-state index contributed by atoms with van der Waals surface area (Å²) in [7, 11) is 0. The van der Waals surface area contributed by atoms with Gasteiger partial charge in [-0.2, -0.15) is 11.8 Å². The molecule has 0 atom stereocenters. The summed E-state index contributed by atoms with van der Waals surface area (Å²) in [5, 5.41) is 0. The number of esters is 2. The Morgan fingerprint density at radius 1 is 0.750 bits per heavy atom. The highest BCUT2D eigenvalue weighted by Gasteiger charge is 2.01. The van der Waals surface area contributed by atoms with E-state index in [1.54, 1.807) is 36.0 Å². The summed E-state index contributed by atoms with van der Waals surface area (Å²) in [6.45, 7) is 2.77. The van der Waals surface area contributed by atoms with Crippen molar-refractivity contribution in [3.05, 3.63) is 59.7 Å². The highest BCUT2D eigenvalue weighted by atomic mass is 35.5. The van der Waals surface area contributed by atoms with Crippen molar-refractivity contribution in [3.63, 3.8) is 0 Å². The number of ether oxygens (including phenoxy) is 2. The fraction of sp³-hybridized carbons (Fsp3) is 0.222. The minimum atomic E-state index is -0.315. The van der Waals surface area contributed by atoms with Crippen molar-refractivity contribution < 1.29 is 19.1 Å². The molecule has 0 fully saturated rings. The molecule has 4 nitrogen and oxygen atoms in total. The van der Waals surface area contributed by atoms with Crippen LogP contribution in [0.5, 0.6) is 11.5 Å². The van der Waals surface area contributed by atoms with Gasteiger partial charge in [0.25, 0.3) is 0 Å². The molecule has 0 aliphatic rings. The van der Waals surface area contributed by atoms with E-state index in [0.29, 0.717) is 11.5 Å². The van der Waals surface area contributed by atoms with Crippen LogP contribution in [0.25, 0.3) is 0 Å². The molecule has 0 saturated carbocycles. The van der Waals surface area contributed by atoms with E-state index in [9.17, 15) is 9.59 Å². The van der Waals surface area contributed by atoms with Crippen molar-refractivity contribution in [2.75, 3.05) is 0 Å². The van der Waals surface area contributed by atoms with Gasteiger partial charge in [-0.15, -0.1) is 12.4 Å². The number of halogens is 1. The van der Waals surface area contributed by atoms with Crippen LogP contribution in [0.2, 0.25) is 0 Å². The number of benzene rings is 2. The molecule has 0 unspecified atom stereocenters. The fourth-order valence-corrected chi connectivity index (χ4v) is 2.88. The van der Waals surface area contributed by atoms with E-state index < -0.39 is 0 Å². The van der Waals surface area contributed by atoms with Crippen LogP contribution in [0, 0.1) is 0 Å². The van der Waals surface area contributed by atoms with Gasteiger partial charge in [0, 0.05) is 25.4 Å². The summed E-state index contributed by atoms with van der Waals surface area (Å²) in [5.41, 5.74) is 2.34. The maximum atomic E-state index is 10.9. The molecule has 0 amide bonds.